The van der Waals surface area contributed by atoms with Gasteiger partial charge in [-0.05, 0) is 12.8 Å². The molecule has 0 saturated carbocycles. The van der Waals surface area contributed by atoms with Crippen molar-refractivity contribution in [2.45, 2.75) is 232 Å². The van der Waals surface area contributed by atoms with Crippen LogP contribution in [-0.2, 0) is 19.1 Å². The lowest BCUT2D eigenvalue weighted by molar-refractivity contribution is -0.891. The first-order valence-corrected chi connectivity index (χ1v) is 21.7. The summed E-state index contributed by atoms with van der Waals surface area (Å²) in [4.78, 5) is 25.3. The third-order valence-corrected chi connectivity index (χ3v) is 10.2. The Morgan fingerprint density at radius 2 is 0.720 bits per heavy atom. The normalized spacial score (nSPS) is 11.6. The molecule has 0 rings (SSSR count). The van der Waals surface area contributed by atoms with E-state index >= 15 is 0 Å². The Bertz CT molecular complexity index is 671. The molecule has 7 heteroatoms. The van der Waals surface area contributed by atoms with E-state index in [1.807, 2.05) is 14.1 Å². The summed E-state index contributed by atoms with van der Waals surface area (Å²) >= 11 is 0. The number of esters is 2. The van der Waals surface area contributed by atoms with E-state index in [0.29, 0.717) is 36.8 Å². The van der Waals surface area contributed by atoms with E-state index in [0.717, 1.165) is 38.5 Å². The number of aliphatic hydroxyl groups is 1. The third-order valence-electron chi connectivity index (χ3n) is 10.2. The topological polar surface area (TPSA) is 72.8 Å². The fourth-order valence-corrected chi connectivity index (χ4v) is 6.67. The second kappa shape index (κ2) is 39.5. The monoisotopic (exact) mass is 776 g/mol. The molecule has 0 unspecified atom stereocenters. The summed E-state index contributed by atoms with van der Waals surface area (Å²) in [5.41, 5.74) is 0. The van der Waals surface area contributed by atoms with Crippen LogP contribution in [0.25, 0.3) is 0 Å². The van der Waals surface area contributed by atoms with Gasteiger partial charge >= 0.3 is 11.9 Å². The number of rotatable bonds is 39. The maximum atomic E-state index is 12.7. The minimum Gasteiger partial charge on any atom is -1.00 e. The zero-order valence-corrected chi connectivity index (χ0v) is 35.5. The molecule has 0 aliphatic heterocycles. The standard InChI is InChI=1S/C43H86NO5.BrH/c1-5-7-9-11-13-15-17-19-21-23-25-27-29-31-33-35-41(46)48-43(37-38-44(3,4)39-40-45)49-42(47)36-34-32-30-28-26-24-22-20-18-16-14-12-10-8-6-2;/h43,45H,5-40H2,1-4H3;1H/q+1;/p-1. The van der Waals surface area contributed by atoms with E-state index in [2.05, 4.69) is 13.8 Å². The third kappa shape index (κ3) is 38.6. The number of quaternary nitrogens is 1. The van der Waals surface area contributed by atoms with Crippen LogP contribution in [0.1, 0.15) is 226 Å². The van der Waals surface area contributed by atoms with Crippen molar-refractivity contribution in [3.05, 3.63) is 0 Å². The van der Waals surface area contributed by atoms with Gasteiger partial charge < -0.3 is 36.0 Å². The number of hydrogen-bond donors (Lipinski definition) is 1. The van der Waals surface area contributed by atoms with Crippen LogP contribution in [0.2, 0.25) is 0 Å². The molecule has 0 heterocycles. The molecule has 0 aliphatic rings. The average Bonchev–Trinajstić information content (AvgIpc) is 3.07. The van der Waals surface area contributed by atoms with Gasteiger partial charge in [0, 0.05) is 12.8 Å². The Hall–Kier alpha value is -0.660. The highest BCUT2D eigenvalue weighted by molar-refractivity contribution is 5.71. The maximum Gasteiger partial charge on any atom is 0.308 e. The van der Waals surface area contributed by atoms with Crippen molar-refractivity contribution in [2.75, 3.05) is 33.8 Å². The number of nitrogens with zero attached hydrogens (tertiary/aromatic N) is 1. The van der Waals surface area contributed by atoms with Gasteiger partial charge in [0.1, 0.15) is 6.54 Å². The highest BCUT2D eigenvalue weighted by atomic mass is 79.9. The van der Waals surface area contributed by atoms with E-state index < -0.39 is 6.29 Å². The lowest BCUT2D eigenvalue weighted by Crippen LogP contribution is -3.00. The lowest BCUT2D eigenvalue weighted by atomic mass is 10.0. The molecule has 0 bridgehead atoms. The van der Waals surface area contributed by atoms with Gasteiger partial charge in [-0.3, -0.25) is 9.59 Å². The van der Waals surface area contributed by atoms with Crippen LogP contribution in [0.15, 0.2) is 0 Å². The first-order valence-electron chi connectivity index (χ1n) is 21.7. The van der Waals surface area contributed by atoms with Gasteiger partial charge in [-0.1, -0.05) is 194 Å². The Morgan fingerprint density at radius 1 is 0.460 bits per heavy atom. The average molecular weight is 777 g/mol. The predicted molar refractivity (Wildman–Crippen MR) is 209 cm³/mol. The SMILES string of the molecule is CCCCCCCCCCCCCCCCCC(=O)OC(CC[N+](C)(C)CCO)OC(=O)CCCCCCCCCCCCCCCCC.[Br-]. The Balaban J connectivity index is 0. The van der Waals surface area contributed by atoms with Crippen molar-refractivity contribution in [1.82, 2.24) is 0 Å². The van der Waals surface area contributed by atoms with Gasteiger partial charge in [-0.15, -0.1) is 0 Å². The van der Waals surface area contributed by atoms with Gasteiger partial charge in [-0.25, -0.2) is 0 Å². The number of carbonyl (C=O) groups is 2. The molecule has 0 aromatic carbocycles. The summed E-state index contributed by atoms with van der Waals surface area (Å²) < 4.78 is 12.0. The van der Waals surface area contributed by atoms with Crippen LogP contribution in [-0.4, -0.2) is 61.6 Å². The molecule has 300 valence electrons. The molecule has 0 amide bonds. The van der Waals surface area contributed by atoms with Gasteiger partial charge in [-0.2, -0.15) is 0 Å². The first kappa shape index (κ1) is 51.4. The highest BCUT2D eigenvalue weighted by Crippen LogP contribution is 2.17. The van der Waals surface area contributed by atoms with Crippen molar-refractivity contribution >= 4 is 11.9 Å². The maximum absolute atomic E-state index is 12.7. The van der Waals surface area contributed by atoms with Crippen LogP contribution in [0.5, 0.6) is 0 Å². The molecule has 0 aliphatic carbocycles. The van der Waals surface area contributed by atoms with Crippen LogP contribution in [0, 0.1) is 0 Å². The van der Waals surface area contributed by atoms with Crippen molar-refractivity contribution in [2.24, 2.45) is 0 Å². The lowest BCUT2D eigenvalue weighted by Gasteiger charge is -2.30. The van der Waals surface area contributed by atoms with Crippen LogP contribution in [0.3, 0.4) is 0 Å². The molecule has 0 saturated heterocycles. The number of ether oxygens (including phenoxy) is 2. The van der Waals surface area contributed by atoms with Crippen molar-refractivity contribution in [3.63, 3.8) is 0 Å². The molecule has 0 aromatic heterocycles. The molecular weight excluding hydrogens is 690 g/mol. The molecule has 0 atom stereocenters. The van der Waals surface area contributed by atoms with Gasteiger partial charge in [0.2, 0.25) is 0 Å². The molecule has 0 radical (unpaired) electrons. The van der Waals surface area contributed by atoms with Gasteiger partial charge in [0.05, 0.1) is 33.7 Å². The van der Waals surface area contributed by atoms with Crippen LogP contribution in [0.4, 0.5) is 0 Å². The fraction of sp³-hybridized carbons (Fsp3) is 0.953. The number of aliphatic hydroxyl groups excluding tert-OH is 1. The van der Waals surface area contributed by atoms with E-state index in [9.17, 15) is 14.7 Å². The van der Waals surface area contributed by atoms with E-state index in [1.54, 1.807) is 0 Å². The predicted octanol–water partition coefficient (Wildman–Crippen LogP) is 9.38. The minimum absolute atomic E-state index is 0. The first-order chi connectivity index (χ1) is 23.8. The molecule has 0 aromatic rings. The number of hydrogen-bond acceptors (Lipinski definition) is 5. The number of halogens is 1. The number of carbonyl (C=O) groups excluding carboxylic acids is 2. The molecule has 1 N–H and O–H groups in total. The molecule has 0 fully saturated rings. The van der Waals surface area contributed by atoms with Crippen LogP contribution < -0.4 is 17.0 Å². The van der Waals surface area contributed by atoms with E-state index in [1.165, 1.54) is 154 Å². The second-order valence-corrected chi connectivity index (χ2v) is 15.7. The van der Waals surface area contributed by atoms with Crippen molar-refractivity contribution in [3.8, 4) is 0 Å². The van der Waals surface area contributed by atoms with Crippen LogP contribution >= 0.6 is 0 Å². The summed E-state index contributed by atoms with van der Waals surface area (Å²) in [6.07, 6.45) is 39.1. The summed E-state index contributed by atoms with van der Waals surface area (Å²) in [6.45, 7) is 5.90. The molecule has 6 nitrogen and oxygen atoms in total. The van der Waals surface area contributed by atoms with E-state index in [-0.39, 0.29) is 35.5 Å². The summed E-state index contributed by atoms with van der Waals surface area (Å²) in [7, 11) is 4.06. The van der Waals surface area contributed by atoms with Gasteiger partial charge in [0.15, 0.2) is 0 Å². The molecule has 0 spiro atoms. The largest absolute Gasteiger partial charge is 1.00 e. The second-order valence-electron chi connectivity index (χ2n) is 15.7. The molecule has 50 heavy (non-hydrogen) atoms. The quantitative estimate of drug-likeness (QED) is 0.0292. The highest BCUT2D eigenvalue weighted by Gasteiger charge is 2.24. The number of likely N-dealkylation sites (N-methyl/N-ethyl adjacent to an activating group) is 1. The number of unbranched alkanes of at least 4 members (excludes halogenated alkanes) is 28. The van der Waals surface area contributed by atoms with E-state index in [4.69, 9.17) is 9.47 Å². The van der Waals surface area contributed by atoms with Crippen molar-refractivity contribution < 1.29 is 45.6 Å². The zero-order chi connectivity index (χ0) is 36.1. The molecular formula is C43H86BrNO5. The minimum atomic E-state index is -0.844. The Kier molecular flexibility index (Phi) is 40.7. The smallest absolute Gasteiger partial charge is 0.308 e. The summed E-state index contributed by atoms with van der Waals surface area (Å²) in [6, 6.07) is 0. The fourth-order valence-electron chi connectivity index (χ4n) is 6.67. The Labute approximate surface area is 322 Å². The van der Waals surface area contributed by atoms with Crippen molar-refractivity contribution in [1.29, 1.82) is 0 Å². The Morgan fingerprint density at radius 3 is 0.980 bits per heavy atom. The van der Waals surface area contributed by atoms with Gasteiger partial charge in [0.25, 0.3) is 6.29 Å². The zero-order valence-electron chi connectivity index (χ0n) is 33.9. The summed E-state index contributed by atoms with van der Waals surface area (Å²) in [5.74, 6) is -0.543. The summed E-state index contributed by atoms with van der Waals surface area (Å²) in [5, 5.41) is 9.40.